The van der Waals surface area contributed by atoms with Crippen LogP contribution in [0.5, 0.6) is 11.5 Å². The van der Waals surface area contributed by atoms with Crippen LogP contribution in [0, 0.1) is 0 Å². The lowest BCUT2D eigenvalue weighted by Crippen LogP contribution is -2.19. The lowest BCUT2D eigenvalue weighted by molar-refractivity contribution is -0.110. The summed E-state index contributed by atoms with van der Waals surface area (Å²) >= 11 is 0. The fraction of sp³-hybridized carbons (Fsp3) is 0.300. The molecule has 0 bridgehead atoms. The van der Waals surface area contributed by atoms with Crippen LogP contribution in [0.1, 0.15) is 11.7 Å². The highest BCUT2D eigenvalue weighted by atomic mass is 16.7. The highest BCUT2D eigenvalue weighted by Gasteiger charge is 2.21. The van der Waals surface area contributed by atoms with Crippen molar-refractivity contribution in [1.29, 1.82) is 0 Å². The van der Waals surface area contributed by atoms with E-state index in [9.17, 15) is 9.90 Å². The summed E-state index contributed by atoms with van der Waals surface area (Å²) in [6.07, 6.45) is -0.240. The predicted molar refractivity (Wildman–Crippen MR) is 51.6 cm³/mol. The van der Waals surface area contributed by atoms with Crippen molar-refractivity contribution in [3.05, 3.63) is 23.8 Å². The minimum atomic E-state index is -0.785. The van der Waals surface area contributed by atoms with Crippen LogP contribution < -0.4 is 14.8 Å². The molecular weight excluding hydrogens is 198 g/mol. The smallest absolute Gasteiger partial charge is 0.231 e. The first kappa shape index (κ1) is 9.79. The Kier molecular flexibility index (Phi) is 2.73. The van der Waals surface area contributed by atoms with E-state index in [1.165, 1.54) is 0 Å². The number of hydrogen-bond donors (Lipinski definition) is 2. The molecule has 5 heteroatoms. The molecule has 0 aliphatic carbocycles. The number of rotatable bonds is 4. The van der Waals surface area contributed by atoms with Gasteiger partial charge < -0.3 is 19.9 Å². The molecule has 2 rings (SSSR count). The maximum Gasteiger partial charge on any atom is 0.231 e. The Bertz CT molecular complexity index is 366. The highest BCUT2D eigenvalue weighted by molar-refractivity contribution is 5.50. The number of carbonyl (C=O) groups is 1. The second-order valence-corrected chi connectivity index (χ2v) is 3.12. The normalized spacial score (nSPS) is 14.7. The van der Waals surface area contributed by atoms with E-state index in [4.69, 9.17) is 9.47 Å². The monoisotopic (exact) mass is 209 g/mol. The van der Waals surface area contributed by atoms with Crippen molar-refractivity contribution in [3.8, 4) is 11.5 Å². The first-order valence-electron chi connectivity index (χ1n) is 4.56. The Balaban J connectivity index is 2.20. The molecule has 1 amide bonds. The minimum Gasteiger partial charge on any atom is -0.454 e. The third-order valence-electron chi connectivity index (χ3n) is 2.18. The largest absolute Gasteiger partial charge is 0.454 e. The van der Waals surface area contributed by atoms with Crippen molar-refractivity contribution < 1.29 is 19.4 Å². The molecule has 2 N–H and O–H groups in total. The first-order chi connectivity index (χ1) is 7.33. The minimum absolute atomic E-state index is 0.156. The molecule has 1 aliphatic rings. The van der Waals surface area contributed by atoms with E-state index in [-0.39, 0.29) is 13.3 Å². The van der Waals surface area contributed by atoms with Gasteiger partial charge in [-0.3, -0.25) is 4.79 Å². The number of aliphatic hydroxyl groups excluding tert-OH is 1. The molecule has 0 radical (unpaired) electrons. The summed E-state index contributed by atoms with van der Waals surface area (Å²) in [4.78, 5) is 10.1. The molecule has 15 heavy (non-hydrogen) atoms. The predicted octanol–water partition coefficient (Wildman–Crippen LogP) is 0.195. The van der Waals surface area contributed by atoms with Crippen LogP contribution in [0.2, 0.25) is 0 Å². The number of ether oxygens (including phenoxy) is 2. The summed E-state index contributed by atoms with van der Waals surface area (Å²) < 4.78 is 10.4. The Morgan fingerprint density at radius 3 is 3.20 bits per heavy atom. The average Bonchev–Trinajstić information content (AvgIpc) is 2.73. The maximum atomic E-state index is 10.1. The van der Waals surface area contributed by atoms with Crippen LogP contribution in [0.25, 0.3) is 0 Å². The van der Waals surface area contributed by atoms with Crippen LogP contribution in [-0.2, 0) is 4.79 Å². The molecule has 1 unspecified atom stereocenters. The van der Waals surface area contributed by atoms with E-state index in [1.807, 2.05) is 0 Å². The molecule has 1 aromatic carbocycles. The van der Waals surface area contributed by atoms with E-state index in [1.54, 1.807) is 18.2 Å². The molecule has 1 aromatic rings. The summed E-state index contributed by atoms with van der Waals surface area (Å²) in [7, 11) is 0. The summed E-state index contributed by atoms with van der Waals surface area (Å²) in [5, 5.41) is 12.2. The van der Waals surface area contributed by atoms with Crippen LogP contribution >= 0.6 is 0 Å². The Morgan fingerprint density at radius 2 is 2.40 bits per heavy atom. The lowest BCUT2D eigenvalue weighted by atomic mass is 10.1. The van der Waals surface area contributed by atoms with Gasteiger partial charge in [0.15, 0.2) is 11.5 Å². The second-order valence-electron chi connectivity index (χ2n) is 3.12. The average molecular weight is 209 g/mol. The Hall–Kier alpha value is -1.75. The third-order valence-corrected chi connectivity index (χ3v) is 2.18. The van der Waals surface area contributed by atoms with E-state index >= 15 is 0 Å². The number of fused-ring (bicyclic) bond motifs is 1. The van der Waals surface area contributed by atoms with Crippen LogP contribution in [0.3, 0.4) is 0 Å². The molecule has 0 aromatic heterocycles. The van der Waals surface area contributed by atoms with Crippen LogP contribution in [0.4, 0.5) is 0 Å². The van der Waals surface area contributed by atoms with Gasteiger partial charge in [-0.05, 0) is 6.07 Å². The molecule has 0 spiro atoms. The van der Waals surface area contributed by atoms with Gasteiger partial charge in [-0.15, -0.1) is 0 Å². The zero-order valence-corrected chi connectivity index (χ0v) is 7.97. The van der Waals surface area contributed by atoms with Gasteiger partial charge in [0.05, 0.1) is 6.10 Å². The van der Waals surface area contributed by atoms with Crippen molar-refractivity contribution in [2.24, 2.45) is 0 Å². The van der Waals surface area contributed by atoms with Gasteiger partial charge in [0.25, 0.3) is 0 Å². The van der Waals surface area contributed by atoms with Crippen molar-refractivity contribution in [2.75, 3.05) is 13.3 Å². The summed E-state index contributed by atoms with van der Waals surface area (Å²) in [6, 6.07) is 5.28. The number of amides is 1. The van der Waals surface area contributed by atoms with Crippen LogP contribution in [0.15, 0.2) is 18.2 Å². The van der Waals surface area contributed by atoms with Gasteiger partial charge in [0.1, 0.15) is 0 Å². The van der Waals surface area contributed by atoms with Gasteiger partial charge >= 0.3 is 0 Å². The number of carbonyl (C=O) groups excluding carboxylic acids is 1. The Morgan fingerprint density at radius 1 is 1.53 bits per heavy atom. The van der Waals surface area contributed by atoms with Gasteiger partial charge in [0.2, 0.25) is 13.2 Å². The quantitative estimate of drug-likeness (QED) is 0.695. The standard InChI is InChI=1S/C10H11NO4/c12-5-11-4-8(13)7-2-1-3-9-10(7)15-6-14-9/h1-3,5,8,13H,4,6H2,(H,11,12). The maximum absolute atomic E-state index is 10.1. The molecule has 80 valence electrons. The number of aliphatic hydroxyl groups is 1. The number of nitrogens with one attached hydrogen (secondary N) is 1. The fourth-order valence-electron chi connectivity index (χ4n) is 1.48. The van der Waals surface area contributed by atoms with Crippen LogP contribution in [-0.4, -0.2) is 24.9 Å². The fourth-order valence-corrected chi connectivity index (χ4v) is 1.48. The lowest BCUT2D eigenvalue weighted by Gasteiger charge is -2.12. The number of para-hydroxylation sites is 1. The summed E-state index contributed by atoms with van der Waals surface area (Å²) in [6.45, 7) is 0.323. The third kappa shape index (κ3) is 1.87. The number of hydrogen-bond acceptors (Lipinski definition) is 4. The van der Waals surface area contributed by atoms with E-state index < -0.39 is 6.10 Å². The van der Waals surface area contributed by atoms with Gasteiger partial charge in [-0.25, -0.2) is 0 Å². The molecule has 1 aliphatic heterocycles. The zero-order valence-electron chi connectivity index (χ0n) is 7.97. The zero-order chi connectivity index (χ0) is 10.7. The van der Waals surface area contributed by atoms with E-state index in [0.29, 0.717) is 23.5 Å². The van der Waals surface area contributed by atoms with E-state index in [0.717, 1.165) is 0 Å². The summed E-state index contributed by atoms with van der Waals surface area (Å²) in [5.41, 5.74) is 0.624. The second kappa shape index (κ2) is 4.18. The molecule has 0 saturated carbocycles. The van der Waals surface area contributed by atoms with Crippen molar-refractivity contribution in [3.63, 3.8) is 0 Å². The first-order valence-corrected chi connectivity index (χ1v) is 4.56. The SMILES string of the molecule is O=CNCC(O)c1cccc2c1OCO2. The molecule has 0 saturated heterocycles. The molecule has 1 heterocycles. The molecule has 1 atom stereocenters. The van der Waals surface area contributed by atoms with Gasteiger partial charge in [0, 0.05) is 12.1 Å². The van der Waals surface area contributed by atoms with Crippen molar-refractivity contribution in [2.45, 2.75) is 6.10 Å². The topological polar surface area (TPSA) is 67.8 Å². The number of benzene rings is 1. The molecule has 0 fully saturated rings. The Labute approximate surface area is 86.6 Å². The van der Waals surface area contributed by atoms with Gasteiger partial charge in [-0.1, -0.05) is 12.1 Å². The van der Waals surface area contributed by atoms with Gasteiger partial charge in [-0.2, -0.15) is 0 Å². The van der Waals surface area contributed by atoms with Crippen molar-refractivity contribution in [1.82, 2.24) is 5.32 Å². The highest BCUT2D eigenvalue weighted by Crippen LogP contribution is 2.38. The molecule has 5 nitrogen and oxygen atoms in total. The molecular formula is C10H11NO4. The summed E-state index contributed by atoms with van der Waals surface area (Å²) in [5.74, 6) is 1.18. The van der Waals surface area contributed by atoms with Crippen molar-refractivity contribution >= 4 is 6.41 Å². The van der Waals surface area contributed by atoms with E-state index in [2.05, 4.69) is 5.32 Å².